The van der Waals surface area contributed by atoms with Gasteiger partial charge in [-0.2, -0.15) is 0 Å². The second-order valence-corrected chi connectivity index (χ2v) is 6.87. The number of carbonyl (C=O) groups is 3. The molecule has 2 aromatic rings. The lowest BCUT2D eigenvalue weighted by Crippen LogP contribution is -2.17. The summed E-state index contributed by atoms with van der Waals surface area (Å²) in [6, 6.07) is 8.70. The molecule has 0 fully saturated rings. The largest absolute Gasteiger partial charge is 0.485 e. The number of benzene rings is 2. The van der Waals surface area contributed by atoms with Crippen LogP contribution in [0.2, 0.25) is 0 Å². The van der Waals surface area contributed by atoms with E-state index in [0.29, 0.717) is 24.3 Å². The van der Waals surface area contributed by atoms with Crippen LogP contribution in [-0.2, 0) is 20.8 Å². The van der Waals surface area contributed by atoms with E-state index in [9.17, 15) is 14.4 Å². The van der Waals surface area contributed by atoms with Gasteiger partial charge in [0, 0.05) is 26.3 Å². The highest BCUT2D eigenvalue weighted by molar-refractivity contribution is 5.74. The van der Waals surface area contributed by atoms with E-state index in [0.717, 1.165) is 16.7 Å². The Hall–Kier alpha value is -3.35. The van der Waals surface area contributed by atoms with Crippen LogP contribution >= 0.6 is 0 Å². The van der Waals surface area contributed by atoms with Gasteiger partial charge in [0.2, 0.25) is 0 Å². The molecule has 29 heavy (non-hydrogen) atoms. The Bertz CT molecular complexity index is 977. The summed E-state index contributed by atoms with van der Waals surface area (Å²) in [5, 5.41) is 0. The summed E-state index contributed by atoms with van der Waals surface area (Å²) in [6.07, 6.45) is 0.990. The van der Waals surface area contributed by atoms with Crippen LogP contribution in [0.3, 0.4) is 0 Å². The second-order valence-electron chi connectivity index (χ2n) is 6.87. The molecule has 152 valence electrons. The number of rotatable bonds is 4. The van der Waals surface area contributed by atoms with Crippen LogP contribution in [0, 0.1) is 6.92 Å². The van der Waals surface area contributed by atoms with Gasteiger partial charge in [0.15, 0.2) is 11.5 Å². The molecule has 0 N–H and O–H groups in total. The van der Waals surface area contributed by atoms with Crippen molar-refractivity contribution in [2.24, 2.45) is 0 Å². The molecule has 0 bridgehead atoms. The lowest BCUT2D eigenvalue weighted by molar-refractivity contribution is -0.134. The minimum absolute atomic E-state index is 0.157. The van der Waals surface area contributed by atoms with Crippen molar-refractivity contribution in [3.05, 3.63) is 47.0 Å². The van der Waals surface area contributed by atoms with E-state index >= 15 is 0 Å². The first-order chi connectivity index (χ1) is 13.7. The Morgan fingerprint density at radius 1 is 0.862 bits per heavy atom. The van der Waals surface area contributed by atoms with Crippen LogP contribution in [-0.4, -0.2) is 17.9 Å². The van der Waals surface area contributed by atoms with E-state index in [1.807, 2.05) is 19.1 Å². The van der Waals surface area contributed by atoms with E-state index in [2.05, 4.69) is 0 Å². The number of esters is 3. The van der Waals surface area contributed by atoms with Crippen LogP contribution in [0.4, 0.5) is 0 Å². The van der Waals surface area contributed by atoms with E-state index in [4.69, 9.17) is 18.9 Å². The zero-order chi connectivity index (χ0) is 21.1. The molecule has 0 radical (unpaired) electrons. The van der Waals surface area contributed by atoms with E-state index in [1.54, 1.807) is 18.2 Å². The highest BCUT2D eigenvalue weighted by atomic mass is 16.6. The fourth-order valence-corrected chi connectivity index (χ4v) is 3.27. The number of hydrogen-bond acceptors (Lipinski definition) is 7. The summed E-state index contributed by atoms with van der Waals surface area (Å²) >= 11 is 0. The third kappa shape index (κ3) is 4.93. The molecule has 1 atom stereocenters. The molecular weight excluding hydrogens is 376 g/mol. The molecule has 0 aromatic heterocycles. The normalized spacial score (nSPS) is 15.0. The van der Waals surface area contributed by atoms with Crippen LogP contribution in [0.1, 0.15) is 50.0 Å². The molecule has 2 aromatic carbocycles. The molecule has 1 heterocycles. The maximum absolute atomic E-state index is 11.4. The minimum atomic E-state index is -0.521. The van der Waals surface area contributed by atoms with Gasteiger partial charge in [-0.3, -0.25) is 14.4 Å². The topological polar surface area (TPSA) is 88.1 Å². The molecule has 0 unspecified atom stereocenters. The fourth-order valence-electron chi connectivity index (χ4n) is 3.27. The first kappa shape index (κ1) is 20.4. The van der Waals surface area contributed by atoms with Gasteiger partial charge in [0.05, 0.1) is 0 Å². The van der Waals surface area contributed by atoms with Crippen LogP contribution in [0.5, 0.6) is 23.0 Å². The number of carbonyl (C=O) groups excluding carboxylic acids is 3. The molecule has 0 saturated heterocycles. The molecule has 0 amide bonds. The summed E-state index contributed by atoms with van der Waals surface area (Å²) in [4.78, 5) is 34.1. The summed E-state index contributed by atoms with van der Waals surface area (Å²) in [5.41, 5.74) is 2.53. The van der Waals surface area contributed by atoms with Crippen molar-refractivity contribution >= 4 is 17.9 Å². The molecular formula is C22H22O7. The van der Waals surface area contributed by atoms with E-state index in [-0.39, 0.29) is 23.6 Å². The molecule has 1 aliphatic heterocycles. The zero-order valence-corrected chi connectivity index (χ0v) is 16.7. The second kappa shape index (κ2) is 8.34. The molecule has 0 aliphatic carbocycles. The molecule has 7 nitrogen and oxygen atoms in total. The third-order valence-corrected chi connectivity index (χ3v) is 4.34. The molecule has 0 spiro atoms. The van der Waals surface area contributed by atoms with Crippen molar-refractivity contribution in [1.82, 2.24) is 0 Å². The SMILES string of the molecule is CC(=O)Oc1ccc([C@@H]2CCc3c(OC(C)=O)cc(C)cc3O2)cc1OC(C)=O. The van der Waals surface area contributed by atoms with Crippen molar-refractivity contribution in [1.29, 1.82) is 0 Å². The third-order valence-electron chi connectivity index (χ3n) is 4.34. The van der Waals surface area contributed by atoms with Gasteiger partial charge >= 0.3 is 17.9 Å². The van der Waals surface area contributed by atoms with Gasteiger partial charge in [-0.25, -0.2) is 0 Å². The summed E-state index contributed by atoms with van der Waals surface area (Å²) < 4.78 is 21.8. The number of ether oxygens (including phenoxy) is 4. The van der Waals surface area contributed by atoms with Crippen molar-refractivity contribution in [3.8, 4) is 23.0 Å². The maximum Gasteiger partial charge on any atom is 0.308 e. The summed E-state index contributed by atoms with van der Waals surface area (Å²) in [6.45, 7) is 5.81. The number of hydrogen-bond donors (Lipinski definition) is 0. The minimum Gasteiger partial charge on any atom is -0.485 e. The Kier molecular flexibility index (Phi) is 5.87. The Labute approximate surface area is 168 Å². The van der Waals surface area contributed by atoms with Gasteiger partial charge in [0.25, 0.3) is 0 Å². The maximum atomic E-state index is 11.4. The molecule has 3 rings (SSSR count). The Balaban J connectivity index is 1.91. The van der Waals surface area contributed by atoms with Gasteiger partial charge in [-0.1, -0.05) is 6.07 Å². The number of aryl methyl sites for hydroxylation is 1. The first-order valence-corrected chi connectivity index (χ1v) is 9.22. The fraction of sp³-hybridized carbons (Fsp3) is 0.318. The highest BCUT2D eigenvalue weighted by Crippen LogP contribution is 2.42. The smallest absolute Gasteiger partial charge is 0.308 e. The summed E-state index contributed by atoms with van der Waals surface area (Å²) in [7, 11) is 0. The lowest BCUT2D eigenvalue weighted by atomic mass is 9.95. The van der Waals surface area contributed by atoms with E-state index < -0.39 is 11.9 Å². The molecule has 1 aliphatic rings. The van der Waals surface area contributed by atoms with Gasteiger partial charge in [-0.15, -0.1) is 0 Å². The quantitative estimate of drug-likeness (QED) is 0.571. The van der Waals surface area contributed by atoms with Gasteiger partial charge in [-0.05, 0) is 55.2 Å². The van der Waals surface area contributed by atoms with Crippen molar-refractivity contribution < 1.29 is 33.3 Å². The monoisotopic (exact) mass is 398 g/mol. The molecule has 7 heteroatoms. The van der Waals surface area contributed by atoms with Crippen LogP contribution < -0.4 is 18.9 Å². The average molecular weight is 398 g/mol. The Morgan fingerprint density at radius 2 is 1.48 bits per heavy atom. The number of fused-ring (bicyclic) bond motifs is 1. The van der Waals surface area contributed by atoms with E-state index in [1.165, 1.54) is 20.8 Å². The highest BCUT2D eigenvalue weighted by Gasteiger charge is 2.26. The predicted octanol–water partition coefficient (Wildman–Crippen LogP) is 3.84. The van der Waals surface area contributed by atoms with Crippen LogP contribution in [0.25, 0.3) is 0 Å². The predicted molar refractivity (Wildman–Crippen MR) is 103 cm³/mol. The van der Waals surface area contributed by atoms with Gasteiger partial charge < -0.3 is 18.9 Å². The van der Waals surface area contributed by atoms with Crippen molar-refractivity contribution in [2.45, 2.75) is 46.6 Å². The average Bonchev–Trinajstić information content (AvgIpc) is 2.61. The van der Waals surface area contributed by atoms with Crippen LogP contribution in [0.15, 0.2) is 30.3 Å². The standard InChI is InChI=1S/C22H22O7/c1-12-9-20(27-14(3)24)17-6-8-18(29-21(17)10-12)16-5-7-19(26-13(2)23)22(11-16)28-15(4)25/h5,7,9-11,18H,6,8H2,1-4H3/t18-/m0/s1. The lowest BCUT2D eigenvalue weighted by Gasteiger charge is -2.28. The Morgan fingerprint density at radius 3 is 2.14 bits per heavy atom. The van der Waals surface area contributed by atoms with Crippen molar-refractivity contribution in [3.63, 3.8) is 0 Å². The van der Waals surface area contributed by atoms with Crippen molar-refractivity contribution in [2.75, 3.05) is 0 Å². The van der Waals surface area contributed by atoms with Gasteiger partial charge in [0.1, 0.15) is 17.6 Å². The summed E-state index contributed by atoms with van der Waals surface area (Å²) in [5.74, 6) is 0.0685. The first-order valence-electron chi connectivity index (χ1n) is 9.22. The zero-order valence-electron chi connectivity index (χ0n) is 16.7. The molecule has 0 saturated carbocycles.